The van der Waals surface area contributed by atoms with Gasteiger partial charge in [0.1, 0.15) is 12.5 Å². The number of aromatic nitrogens is 5. The SMILES string of the molecule is COc1ccncc1-c1ccc2c(c1)c(Nc1nc3cc(CN4CCCCC4)ccc3n1-c1ccccc1)nn2COCC[Si](C)(C)C. The molecule has 0 spiro atoms. The van der Waals surface area contributed by atoms with Crippen LogP contribution < -0.4 is 10.1 Å². The van der Waals surface area contributed by atoms with E-state index in [1.54, 1.807) is 13.3 Å². The monoisotopic (exact) mass is 659 g/mol. The second kappa shape index (κ2) is 13.9. The number of pyridine rings is 1. The number of hydrogen-bond acceptors (Lipinski definition) is 7. The van der Waals surface area contributed by atoms with Gasteiger partial charge in [0.25, 0.3) is 0 Å². The van der Waals surface area contributed by atoms with Crippen molar-refractivity contribution in [1.82, 2.24) is 29.2 Å². The molecule has 1 fully saturated rings. The van der Waals surface area contributed by atoms with Crippen LogP contribution in [-0.2, 0) is 18.0 Å². The number of methoxy groups -OCH3 is 1. The molecule has 48 heavy (non-hydrogen) atoms. The smallest absolute Gasteiger partial charge is 0.214 e. The van der Waals surface area contributed by atoms with E-state index in [0.29, 0.717) is 25.1 Å². The van der Waals surface area contributed by atoms with E-state index in [4.69, 9.17) is 19.6 Å². The van der Waals surface area contributed by atoms with Crippen LogP contribution >= 0.6 is 0 Å². The van der Waals surface area contributed by atoms with E-state index in [-0.39, 0.29) is 0 Å². The minimum Gasteiger partial charge on any atom is -0.496 e. The molecular weight excluding hydrogens is 615 g/mol. The lowest BCUT2D eigenvalue weighted by atomic mass is 10.0. The van der Waals surface area contributed by atoms with E-state index < -0.39 is 8.07 Å². The molecule has 248 valence electrons. The Kier molecular flexibility index (Phi) is 9.29. The Hall–Kier alpha value is -4.51. The average molecular weight is 660 g/mol. The number of benzene rings is 3. The zero-order valence-corrected chi connectivity index (χ0v) is 29.4. The van der Waals surface area contributed by atoms with Crippen LogP contribution in [0, 0.1) is 0 Å². The van der Waals surface area contributed by atoms with E-state index >= 15 is 0 Å². The maximum absolute atomic E-state index is 6.19. The van der Waals surface area contributed by atoms with E-state index in [0.717, 1.165) is 70.2 Å². The van der Waals surface area contributed by atoms with Gasteiger partial charge < -0.3 is 14.8 Å². The van der Waals surface area contributed by atoms with E-state index in [1.165, 1.54) is 24.8 Å². The second-order valence-electron chi connectivity index (χ2n) is 13.9. The lowest BCUT2D eigenvalue weighted by Gasteiger charge is -2.26. The molecule has 0 aliphatic carbocycles. The summed E-state index contributed by atoms with van der Waals surface area (Å²) in [5.74, 6) is 2.19. The van der Waals surface area contributed by atoms with Crippen molar-refractivity contribution >= 4 is 41.8 Å². The normalized spacial score (nSPS) is 14.2. The van der Waals surface area contributed by atoms with Crippen molar-refractivity contribution in [2.45, 2.75) is 58.2 Å². The Morgan fingerprint density at radius 1 is 0.896 bits per heavy atom. The highest BCUT2D eigenvalue weighted by Gasteiger charge is 2.20. The van der Waals surface area contributed by atoms with Gasteiger partial charge in [0.05, 0.1) is 23.7 Å². The highest BCUT2D eigenvalue weighted by Crippen LogP contribution is 2.35. The molecule has 0 radical (unpaired) electrons. The van der Waals surface area contributed by atoms with E-state index in [1.807, 2.05) is 23.0 Å². The maximum Gasteiger partial charge on any atom is 0.214 e. The second-order valence-corrected chi connectivity index (χ2v) is 19.5. The fourth-order valence-electron chi connectivity index (χ4n) is 6.47. The molecule has 0 amide bonds. The predicted octanol–water partition coefficient (Wildman–Crippen LogP) is 8.49. The third-order valence-corrected chi connectivity index (χ3v) is 10.8. The summed E-state index contributed by atoms with van der Waals surface area (Å²) in [6, 6.07) is 26.4. The lowest BCUT2D eigenvalue weighted by Crippen LogP contribution is -2.29. The van der Waals surface area contributed by atoms with Gasteiger partial charge in [-0.05, 0) is 85.6 Å². The molecule has 10 heteroatoms. The summed E-state index contributed by atoms with van der Waals surface area (Å²) >= 11 is 0. The average Bonchev–Trinajstić information content (AvgIpc) is 3.63. The highest BCUT2D eigenvalue weighted by molar-refractivity contribution is 6.76. The highest BCUT2D eigenvalue weighted by atomic mass is 28.3. The van der Waals surface area contributed by atoms with Gasteiger partial charge in [-0.25, -0.2) is 9.67 Å². The zero-order valence-electron chi connectivity index (χ0n) is 28.4. The molecule has 3 aromatic carbocycles. The molecule has 6 aromatic rings. The van der Waals surface area contributed by atoms with Gasteiger partial charge in [0.2, 0.25) is 5.95 Å². The van der Waals surface area contributed by atoms with Crippen molar-refractivity contribution in [1.29, 1.82) is 0 Å². The van der Waals surface area contributed by atoms with Gasteiger partial charge in [-0.15, -0.1) is 0 Å². The molecule has 0 atom stereocenters. The lowest BCUT2D eigenvalue weighted by molar-refractivity contribution is 0.0819. The van der Waals surface area contributed by atoms with Gasteiger partial charge >= 0.3 is 0 Å². The van der Waals surface area contributed by atoms with Crippen LogP contribution in [0.3, 0.4) is 0 Å². The largest absolute Gasteiger partial charge is 0.496 e. The van der Waals surface area contributed by atoms with Crippen molar-refractivity contribution < 1.29 is 9.47 Å². The molecule has 1 aliphatic heterocycles. The van der Waals surface area contributed by atoms with Crippen LogP contribution in [0.4, 0.5) is 11.8 Å². The third-order valence-electron chi connectivity index (χ3n) is 9.09. The topological polar surface area (TPSA) is 82.3 Å². The number of imidazole rings is 1. The van der Waals surface area contributed by atoms with Gasteiger partial charge in [-0.3, -0.25) is 14.5 Å². The summed E-state index contributed by atoms with van der Waals surface area (Å²) in [5.41, 5.74) is 7.21. The van der Waals surface area contributed by atoms with Crippen LogP contribution in [0.25, 0.3) is 38.8 Å². The first kappa shape index (κ1) is 32.1. The van der Waals surface area contributed by atoms with E-state index in [9.17, 15) is 0 Å². The van der Waals surface area contributed by atoms with Crippen LogP contribution in [0.2, 0.25) is 25.7 Å². The molecule has 1 saturated heterocycles. The quantitative estimate of drug-likeness (QED) is 0.104. The number of rotatable bonds is 12. The number of anilines is 2. The van der Waals surface area contributed by atoms with E-state index in [2.05, 4.69) is 100 Å². The Morgan fingerprint density at radius 2 is 1.71 bits per heavy atom. The van der Waals surface area contributed by atoms with Crippen molar-refractivity contribution in [3.8, 4) is 22.6 Å². The summed E-state index contributed by atoms with van der Waals surface area (Å²) in [7, 11) is 0.467. The van der Waals surface area contributed by atoms with Crippen LogP contribution in [-0.4, -0.2) is 64.1 Å². The number of nitrogens with zero attached hydrogens (tertiary/aromatic N) is 6. The van der Waals surface area contributed by atoms with Gasteiger partial charge in [-0.2, -0.15) is 5.10 Å². The summed E-state index contributed by atoms with van der Waals surface area (Å²) in [5, 5.41) is 9.70. The Labute approximate surface area is 283 Å². The summed E-state index contributed by atoms with van der Waals surface area (Å²) < 4.78 is 16.0. The van der Waals surface area contributed by atoms with Gasteiger partial charge in [0.15, 0.2) is 5.82 Å². The molecule has 9 nitrogen and oxygen atoms in total. The summed E-state index contributed by atoms with van der Waals surface area (Å²) in [6.45, 7) is 11.5. The standard InChI is InChI=1S/C38H45N7O2Si/c1-46-36-17-18-39-25-32(36)29-14-16-34-31(24-29)37(42-44(34)27-47-21-22-48(2,3)4)41-38-40-33-23-28(26-43-19-9-6-10-20-43)13-15-35(33)45(38)30-11-7-5-8-12-30/h5,7-8,11-18,23-25H,6,9-10,19-22,26-27H2,1-4H3,(H,40,41,42). The van der Waals surface area contributed by atoms with Gasteiger partial charge in [0, 0.05) is 50.3 Å². The molecule has 1 aliphatic rings. The first-order valence-electron chi connectivity index (χ1n) is 17.0. The van der Waals surface area contributed by atoms with Crippen molar-refractivity contribution in [2.75, 3.05) is 32.1 Å². The molecule has 3 aromatic heterocycles. The number of hydrogen-bond donors (Lipinski definition) is 1. The number of fused-ring (bicyclic) bond motifs is 2. The Morgan fingerprint density at radius 3 is 2.50 bits per heavy atom. The summed E-state index contributed by atoms with van der Waals surface area (Å²) in [6.07, 6.45) is 7.47. The molecule has 0 unspecified atom stereocenters. The fourth-order valence-corrected chi connectivity index (χ4v) is 7.23. The molecule has 1 N–H and O–H groups in total. The predicted molar refractivity (Wildman–Crippen MR) is 197 cm³/mol. The van der Waals surface area contributed by atoms with Crippen LogP contribution in [0.15, 0.2) is 85.2 Å². The zero-order chi connectivity index (χ0) is 33.1. The number of likely N-dealkylation sites (tertiary alicyclic amines) is 1. The molecule has 4 heterocycles. The van der Waals surface area contributed by atoms with Crippen LogP contribution in [0.5, 0.6) is 5.75 Å². The number of ether oxygens (including phenoxy) is 2. The molecule has 0 saturated carbocycles. The fraction of sp³-hybridized carbons (Fsp3) is 0.342. The maximum atomic E-state index is 6.19. The number of nitrogens with one attached hydrogen (secondary N) is 1. The Balaban J connectivity index is 1.30. The first-order chi connectivity index (χ1) is 23.4. The van der Waals surface area contributed by atoms with Crippen molar-refractivity contribution in [3.63, 3.8) is 0 Å². The minimum atomic E-state index is -1.22. The number of piperidine rings is 1. The molecule has 7 rings (SSSR count). The van der Waals surface area contributed by atoms with Crippen molar-refractivity contribution in [2.24, 2.45) is 0 Å². The third kappa shape index (κ3) is 7.01. The van der Waals surface area contributed by atoms with Gasteiger partial charge in [-0.1, -0.05) is 56.4 Å². The Bertz CT molecular complexity index is 2010. The minimum absolute atomic E-state index is 0.368. The summed E-state index contributed by atoms with van der Waals surface area (Å²) in [4.78, 5) is 12.1. The molecule has 0 bridgehead atoms. The van der Waals surface area contributed by atoms with Crippen molar-refractivity contribution in [3.05, 3.63) is 90.8 Å². The first-order valence-corrected chi connectivity index (χ1v) is 20.7. The number of para-hydroxylation sites is 1. The van der Waals surface area contributed by atoms with Crippen LogP contribution in [0.1, 0.15) is 24.8 Å². The molecular formula is C38H45N7O2Si.